The maximum Gasteiger partial charge on any atom is 0.401 e. The number of benzene rings is 1. The predicted molar refractivity (Wildman–Crippen MR) is 58.5 cm³/mol. The molecule has 2 rings (SSSR count). The summed E-state index contributed by atoms with van der Waals surface area (Å²) in [5.41, 5.74) is 2.55. The molecule has 1 aromatic carbocycles. The second-order valence-corrected chi connectivity index (χ2v) is 3.90. The third-order valence-corrected chi connectivity index (χ3v) is 2.44. The fraction of sp³-hybridized carbons (Fsp3) is 0.364. The van der Waals surface area contributed by atoms with Crippen molar-refractivity contribution in [2.75, 3.05) is 6.54 Å². The van der Waals surface area contributed by atoms with E-state index in [1.807, 2.05) is 17.7 Å². The maximum atomic E-state index is 11.9. The van der Waals surface area contributed by atoms with E-state index in [1.54, 1.807) is 18.5 Å². The van der Waals surface area contributed by atoms with E-state index in [-0.39, 0.29) is 6.54 Å². The number of nitrogens with one attached hydrogen (secondary N) is 1. The van der Waals surface area contributed by atoms with E-state index in [2.05, 4.69) is 10.3 Å². The third kappa shape index (κ3) is 2.97. The largest absolute Gasteiger partial charge is 0.401 e. The van der Waals surface area contributed by atoms with Crippen molar-refractivity contribution in [1.29, 1.82) is 0 Å². The summed E-state index contributed by atoms with van der Waals surface area (Å²) in [7, 11) is 1.87. The highest BCUT2D eigenvalue weighted by Crippen LogP contribution is 2.15. The van der Waals surface area contributed by atoms with Crippen molar-refractivity contribution in [3.05, 3.63) is 30.1 Å². The number of imidazole rings is 1. The molecule has 1 N–H and O–H groups in total. The minimum absolute atomic E-state index is 0.187. The summed E-state index contributed by atoms with van der Waals surface area (Å²) < 4.78 is 37.7. The topological polar surface area (TPSA) is 29.9 Å². The van der Waals surface area contributed by atoms with Gasteiger partial charge >= 0.3 is 6.18 Å². The average Bonchev–Trinajstić information content (AvgIpc) is 2.58. The number of rotatable bonds is 3. The van der Waals surface area contributed by atoms with Crippen molar-refractivity contribution in [1.82, 2.24) is 14.9 Å². The number of hydrogen-bond acceptors (Lipinski definition) is 2. The van der Waals surface area contributed by atoms with Crippen LogP contribution < -0.4 is 5.32 Å². The summed E-state index contributed by atoms with van der Waals surface area (Å²) in [6.45, 7) is -0.792. The van der Waals surface area contributed by atoms with E-state index in [1.165, 1.54) is 0 Å². The number of hydrogen-bond donors (Lipinski definition) is 1. The molecule has 0 radical (unpaired) electrons. The standard InChI is InChI=1S/C11H12F3N3/c1-17-7-16-9-4-8(2-3-10(9)17)5-15-6-11(12,13)14/h2-4,7,15H,5-6H2,1H3. The highest BCUT2D eigenvalue weighted by Gasteiger charge is 2.25. The molecule has 17 heavy (non-hydrogen) atoms. The molecule has 0 saturated carbocycles. The number of aromatic nitrogens is 2. The number of alkyl halides is 3. The van der Waals surface area contributed by atoms with Crippen LogP contribution in [0.15, 0.2) is 24.5 Å². The first-order valence-electron chi connectivity index (χ1n) is 5.13. The minimum Gasteiger partial charge on any atom is -0.334 e. The number of nitrogens with zero attached hydrogens (tertiary/aromatic N) is 2. The first-order valence-corrected chi connectivity index (χ1v) is 5.13. The van der Waals surface area contributed by atoms with Crippen molar-refractivity contribution in [2.24, 2.45) is 7.05 Å². The van der Waals surface area contributed by atoms with Crippen molar-refractivity contribution in [2.45, 2.75) is 12.7 Å². The van der Waals surface area contributed by atoms with Crippen LogP contribution in [0, 0.1) is 0 Å². The Hall–Kier alpha value is -1.56. The van der Waals surface area contributed by atoms with Crippen LogP contribution in [-0.2, 0) is 13.6 Å². The van der Waals surface area contributed by atoms with Gasteiger partial charge in [0, 0.05) is 13.6 Å². The molecular weight excluding hydrogens is 231 g/mol. The van der Waals surface area contributed by atoms with Gasteiger partial charge in [-0.2, -0.15) is 13.2 Å². The highest BCUT2D eigenvalue weighted by atomic mass is 19.4. The summed E-state index contributed by atoms with van der Waals surface area (Å²) in [5.74, 6) is 0. The number of halogens is 3. The normalized spacial score (nSPS) is 12.2. The van der Waals surface area contributed by atoms with E-state index >= 15 is 0 Å². The molecule has 0 aliphatic rings. The van der Waals surface area contributed by atoms with Gasteiger partial charge in [0.05, 0.1) is 23.9 Å². The van der Waals surface area contributed by atoms with Gasteiger partial charge in [0.2, 0.25) is 0 Å². The van der Waals surface area contributed by atoms with Crippen molar-refractivity contribution in [3.8, 4) is 0 Å². The summed E-state index contributed by atoms with van der Waals surface area (Å²) in [6, 6.07) is 5.44. The fourth-order valence-corrected chi connectivity index (χ4v) is 1.64. The molecule has 0 aliphatic carbocycles. The molecule has 0 aliphatic heterocycles. The molecule has 1 heterocycles. The zero-order valence-electron chi connectivity index (χ0n) is 9.25. The fourth-order valence-electron chi connectivity index (χ4n) is 1.64. The highest BCUT2D eigenvalue weighted by molar-refractivity contribution is 5.75. The SMILES string of the molecule is Cn1cnc2cc(CNCC(F)(F)F)ccc21. The van der Waals surface area contributed by atoms with E-state index in [4.69, 9.17) is 0 Å². The lowest BCUT2D eigenvalue weighted by atomic mass is 10.2. The second-order valence-electron chi connectivity index (χ2n) is 3.90. The van der Waals surface area contributed by atoms with E-state index in [0.29, 0.717) is 0 Å². The van der Waals surface area contributed by atoms with Gasteiger partial charge in [-0.15, -0.1) is 0 Å². The Morgan fingerprint density at radius 1 is 1.35 bits per heavy atom. The molecule has 0 amide bonds. The van der Waals surface area contributed by atoms with Gasteiger partial charge in [0.25, 0.3) is 0 Å². The first kappa shape index (κ1) is 11.9. The summed E-state index contributed by atoms with van der Waals surface area (Å²) in [5, 5.41) is 2.35. The van der Waals surface area contributed by atoms with E-state index in [0.717, 1.165) is 16.6 Å². The van der Waals surface area contributed by atoms with Crippen LogP contribution in [0.4, 0.5) is 13.2 Å². The van der Waals surface area contributed by atoms with Crippen LogP contribution in [0.2, 0.25) is 0 Å². The van der Waals surface area contributed by atoms with Crippen molar-refractivity contribution >= 4 is 11.0 Å². The Morgan fingerprint density at radius 2 is 2.12 bits per heavy atom. The molecule has 6 heteroatoms. The Kier molecular flexibility index (Phi) is 3.06. The Balaban J connectivity index is 2.04. The lowest BCUT2D eigenvalue weighted by Gasteiger charge is -2.08. The average molecular weight is 243 g/mol. The zero-order valence-corrected chi connectivity index (χ0v) is 9.25. The van der Waals surface area contributed by atoms with Crippen LogP contribution in [0.25, 0.3) is 11.0 Å². The van der Waals surface area contributed by atoms with Gasteiger partial charge in [0.1, 0.15) is 0 Å². The predicted octanol–water partition coefficient (Wildman–Crippen LogP) is 2.23. The van der Waals surface area contributed by atoms with Gasteiger partial charge in [-0.05, 0) is 17.7 Å². The molecule has 0 fully saturated rings. The number of aryl methyl sites for hydroxylation is 1. The molecule has 92 valence electrons. The lowest BCUT2D eigenvalue weighted by molar-refractivity contribution is -0.125. The van der Waals surface area contributed by atoms with Crippen molar-refractivity contribution < 1.29 is 13.2 Å². The Bertz CT molecular complexity index is 516. The molecule has 0 saturated heterocycles. The molecule has 0 bridgehead atoms. The maximum absolute atomic E-state index is 11.9. The van der Waals surface area contributed by atoms with E-state index in [9.17, 15) is 13.2 Å². The Morgan fingerprint density at radius 3 is 2.82 bits per heavy atom. The van der Waals surface area contributed by atoms with Crippen LogP contribution >= 0.6 is 0 Å². The second kappa shape index (κ2) is 4.37. The molecule has 2 aromatic rings. The van der Waals surface area contributed by atoms with Crippen molar-refractivity contribution in [3.63, 3.8) is 0 Å². The van der Waals surface area contributed by atoms with Gasteiger partial charge in [-0.1, -0.05) is 6.07 Å². The molecule has 3 nitrogen and oxygen atoms in total. The molecular formula is C11H12F3N3. The zero-order chi connectivity index (χ0) is 12.5. The summed E-state index contributed by atoms with van der Waals surface area (Å²) in [6.07, 6.45) is -2.49. The molecule has 0 spiro atoms. The van der Waals surface area contributed by atoms with Crippen LogP contribution in [-0.4, -0.2) is 22.3 Å². The van der Waals surface area contributed by atoms with Gasteiger partial charge in [-0.3, -0.25) is 0 Å². The minimum atomic E-state index is -4.17. The summed E-state index contributed by atoms with van der Waals surface area (Å²) >= 11 is 0. The van der Waals surface area contributed by atoms with Crippen LogP contribution in [0.1, 0.15) is 5.56 Å². The first-order chi connectivity index (χ1) is 7.96. The Labute approximate surface area is 96.3 Å². The molecule has 0 unspecified atom stereocenters. The number of fused-ring (bicyclic) bond motifs is 1. The van der Waals surface area contributed by atoms with Gasteiger partial charge < -0.3 is 9.88 Å². The molecule has 0 atom stereocenters. The van der Waals surface area contributed by atoms with Crippen LogP contribution in [0.3, 0.4) is 0 Å². The van der Waals surface area contributed by atoms with Gasteiger partial charge in [0.15, 0.2) is 0 Å². The van der Waals surface area contributed by atoms with Gasteiger partial charge in [-0.25, -0.2) is 4.98 Å². The monoisotopic (exact) mass is 243 g/mol. The van der Waals surface area contributed by atoms with Crippen LogP contribution in [0.5, 0.6) is 0 Å². The quantitative estimate of drug-likeness (QED) is 0.895. The third-order valence-electron chi connectivity index (χ3n) is 2.44. The smallest absolute Gasteiger partial charge is 0.334 e. The summed E-state index contributed by atoms with van der Waals surface area (Å²) in [4.78, 5) is 4.15. The molecule has 1 aromatic heterocycles. The van der Waals surface area contributed by atoms with E-state index < -0.39 is 12.7 Å². The lowest BCUT2D eigenvalue weighted by Crippen LogP contribution is -2.28.